The van der Waals surface area contributed by atoms with Gasteiger partial charge in [-0.3, -0.25) is 0 Å². The minimum atomic E-state index is -0.453. The van der Waals surface area contributed by atoms with Crippen LogP contribution in [0.3, 0.4) is 0 Å². The number of hydrogen-bond donors (Lipinski definition) is 3. The lowest BCUT2D eigenvalue weighted by Crippen LogP contribution is -2.36. The van der Waals surface area contributed by atoms with E-state index in [1.54, 1.807) is 6.07 Å². The Kier molecular flexibility index (Phi) is 5.06. The van der Waals surface area contributed by atoms with Crippen molar-refractivity contribution in [2.45, 2.75) is 51.2 Å². The van der Waals surface area contributed by atoms with E-state index in [2.05, 4.69) is 5.32 Å². The second kappa shape index (κ2) is 6.79. The molecule has 1 saturated carbocycles. The molecular formula is C15H23FN2O2. The largest absolute Gasteiger partial charge is 0.490 e. The predicted octanol–water partition coefficient (Wildman–Crippen LogP) is 2.91. The number of aliphatic hydroxyl groups is 1. The van der Waals surface area contributed by atoms with Crippen molar-refractivity contribution >= 4 is 11.4 Å². The third kappa shape index (κ3) is 3.54. The van der Waals surface area contributed by atoms with Crippen molar-refractivity contribution in [3.63, 3.8) is 0 Å². The molecule has 20 heavy (non-hydrogen) atoms. The molecular weight excluding hydrogens is 259 g/mol. The molecule has 5 heteroatoms. The van der Waals surface area contributed by atoms with E-state index in [0.717, 1.165) is 32.1 Å². The second-order valence-electron chi connectivity index (χ2n) is 5.32. The Morgan fingerprint density at radius 1 is 1.40 bits per heavy atom. The first-order valence-electron chi connectivity index (χ1n) is 7.28. The number of ether oxygens (including phenoxy) is 1. The van der Waals surface area contributed by atoms with Gasteiger partial charge in [0, 0.05) is 12.1 Å². The monoisotopic (exact) mass is 282 g/mol. The fourth-order valence-electron chi connectivity index (χ4n) is 2.50. The highest BCUT2D eigenvalue weighted by molar-refractivity contribution is 5.69. The van der Waals surface area contributed by atoms with Crippen molar-refractivity contribution in [2.24, 2.45) is 0 Å². The van der Waals surface area contributed by atoms with Crippen molar-refractivity contribution in [1.29, 1.82) is 0 Å². The highest BCUT2D eigenvalue weighted by Crippen LogP contribution is 2.31. The molecule has 0 radical (unpaired) electrons. The van der Waals surface area contributed by atoms with Crippen LogP contribution in [0.15, 0.2) is 12.1 Å². The molecule has 4 nitrogen and oxygen atoms in total. The second-order valence-corrected chi connectivity index (χ2v) is 5.32. The first-order valence-corrected chi connectivity index (χ1v) is 7.28. The van der Waals surface area contributed by atoms with Crippen LogP contribution in [0, 0.1) is 5.82 Å². The molecule has 0 amide bonds. The summed E-state index contributed by atoms with van der Waals surface area (Å²) in [6.45, 7) is 2.43. The normalized spacial score (nSPS) is 22.6. The molecule has 0 saturated heterocycles. The van der Waals surface area contributed by atoms with E-state index in [1.165, 1.54) is 6.07 Å². The summed E-state index contributed by atoms with van der Waals surface area (Å²) in [4.78, 5) is 0. The maximum Gasteiger partial charge on any atom is 0.167 e. The number of nitrogen functional groups attached to an aromatic ring is 1. The minimum absolute atomic E-state index is 0.0319. The van der Waals surface area contributed by atoms with Gasteiger partial charge in [0.25, 0.3) is 0 Å². The molecule has 0 spiro atoms. The van der Waals surface area contributed by atoms with Crippen molar-refractivity contribution < 1.29 is 14.2 Å². The minimum Gasteiger partial charge on any atom is -0.490 e. The van der Waals surface area contributed by atoms with Crippen LogP contribution >= 0.6 is 0 Å². The number of nitrogens with one attached hydrogen (secondary N) is 1. The van der Waals surface area contributed by atoms with Crippen LogP contribution in [0.4, 0.5) is 15.8 Å². The summed E-state index contributed by atoms with van der Waals surface area (Å²) in [7, 11) is 0. The zero-order chi connectivity index (χ0) is 14.5. The summed E-state index contributed by atoms with van der Waals surface area (Å²) >= 11 is 0. The lowest BCUT2D eigenvalue weighted by molar-refractivity contribution is 0.116. The van der Waals surface area contributed by atoms with E-state index in [4.69, 9.17) is 10.5 Å². The van der Waals surface area contributed by atoms with Gasteiger partial charge in [0.05, 0.1) is 30.1 Å². The van der Waals surface area contributed by atoms with Crippen LogP contribution in [0.2, 0.25) is 0 Å². The number of nitrogens with two attached hydrogens (primary N) is 1. The summed E-state index contributed by atoms with van der Waals surface area (Å²) in [5, 5.41) is 13.2. The molecule has 1 aromatic carbocycles. The van der Waals surface area contributed by atoms with Gasteiger partial charge in [-0.2, -0.15) is 0 Å². The van der Waals surface area contributed by atoms with Gasteiger partial charge in [-0.05, 0) is 19.3 Å². The first kappa shape index (κ1) is 14.9. The molecule has 1 aliphatic rings. The van der Waals surface area contributed by atoms with Crippen LogP contribution in [-0.4, -0.2) is 23.9 Å². The maximum absolute atomic E-state index is 13.7. The molecule has 1 aliphatic carbocycles. The quantitative estimate of drug-likeness (QED) is 0.726. The van der Waals surface area contributed by atoms with Gasteiger partial charge in [0.2, 0.25) is 0 Å². The smallest absolute Gasteiger partial charge is 0.167 e. The molecule has 4 N–H and O–H groups in total. The van der Waals surface area contributed by atoms with Crippen LogP contribution in [0.25, 0.3) is 0 Å². The van der Waals surface area contributed by atoms with Crippen molar-refractivity contribution in [1.82, 2.24) is 0 Å². The molecule has 2 atom stereocenters. The molecule has 0 bridgehead atoms. The molecule has 0 aliphatic heterocycles. The van der Waals surface area contributed by atoms with Crippen molar-refractivity contribution in [2.75, 3.05) is 17.7 Å². The predicted molar refractivity (Wildman–Crippen MR) is 78.5 cm³/mol. The van der Waals surface area contributed by atoms with E-state index >= 15 is 0 Å². The van der Waals surface area contributed by atoms with Crippen LogP contribution in [0.1, 0.15) is 39.0 Å². The highest BCUT2D eigenvalue weighted by Gasteiger charge is 2.23. The van der Waals surface area contributed by atoms with Gasteiger partial charge in [-0.1, -0.05) is 19.8 Å². The maximum atomic E-state index is 13.7. The fraction of sp³-hybridized carbons (Fsp3) is 0.600. The lowest BCUT2D eigenvalue weighted by atomic mass is 9.92. The van der Waals surface area contributed by atoms with E-state index in [-0.39, 0.29) is 17.9 Å². The van der Waals surface area contributed by atoms with E-state index in [1.807, 2.05) is 6.92 Å². The van der Waals surface area contributed by atoms with Crippen LogP contribution in [0.5, 0.6) is 5.75 Å². The Bertz CT molecular complexity index is 454. The SMILES string of the molecule is CCCOc1cc(NC2CCCCC2O)c(N)cc1F. The molecule has 112 valence electrons. The zero-order valence-corrected chi connectivity index (χ0v) is 11.9. The summed E-state index contributed by atoms with van der Waals surface area (Å²) in [6, 6.07) is 2.82. The summed E-state index contributed by atoms with van der Waals surface area (Å²) in [6.07, 6.45) is 4.24. The molecule has 1 fully saturated rings. The van der Waals surface area contributed by atoms with Crippen LogP contribution < -0.4 is 15.8 Å². The molecule has 1 aromatic rings. The summed E-state index contributed by atoms with van der Waals surface area (Å²) < 4.78 is 19.1. The molecule has 0 heterocycles. The van der Waals surface area contributed by atoms with Crippen LogP contribution in [-0.2, 0) is 0 Å². The zero-order valence-electron chi connectivity index (χ0n) is 11.9. The van der Waals surface area contributed by atoms with Crippen molar-refractivity contribution in [3.05, 3.63) is 17.9 Å². The average molecular weight is 282 g/mol. The Morgan fingerprint density at radius 3 is 2.85 bits per heavy atom. The van der Waals surface area contributed by atoms with Gasteiger partial charge < -0.3 is 20.9 Å². The Morgan fingerprint density at radius 2 is 2.15 bits per heavy atom. The Balaban J connectivity index is 2.13. The lowest BCUT2D eigenvalue weighted by Gasteiger charge is -2.29. The molecule has 0 aromatic heterocycles. The molecule has 2 unspecified atom stereocenters. The van der Waals surface area contributed by atoms with E-state index < -0.39 is 5.82 Å². The number of benzene rings is 1. The van der Waals surface area contributed by atoms with Gasteiger partial charge in [0.1, 0.15) is 0 Å². The Hall–Kier alpha value is -1.49. The number of rotatable bonds is 5. The van der Waals surface area contributed by atoms with Crippen molar-refractivity contribution in [3.8, 4) is 5.75 Å². The van der Waals surface area contributed by atoms with E-state index in [9.17, 15) is 9.50 Å². The number of hydrogen-bond acceptors (Lipinski definition) is 4. The molecule has 2 rings (SSSR count). The third-order valence-electron chi connectivity index (χ3n) is 3.64. The topological polar surface area (TPSA) is 67.5 Å². The average Bonchev–Trinajstić information content (AvgIpc) is 2.43. The third-order valence-corrected chi connectivity index (χ3v) is 3.64. The summed E-state index contributed by atoms with van der Waals surface area (Å²) in [5.41, 5.74) is 6.81. The fourth-order valence-corrected chi connectivity index (χ4v) is 2.50. The summed E-state index contributed by atoms with van der Waals surface area (Å²) in [5.74, 6) is -0.250. The first-order chi connectivity index (χ1) is 9.61. The number of halogens is 1. The number of anilines is 2. The van der Waals surface area contributed by atoms with Gasteiger partial charge in [-0.15, -0.1) is 0 Å². The van der Waals surface area contributed by atoms with E-state index in [0.29, 0.717) is 18.0 Å². The van der Waals surface area contributed by atoms with Gasteiger partial charge in [0.15, 0.2) is 11.6 Å². The number of aliphatic hydroxyl groups excluding tert-OH is 1. The Labute approximate surface area is 119 Å². The van der Waals surface area contributed by atoms with Gasteiger partial charge in [-0.25, -0.2) is 4.39 Å². The van der Waals surface area contributed by atoms with Gasteiger partial charge >= 0.3 is 0 Å². The standard InChI is InChI=1S/C15H23FN2O2/c1-2-7-20-15-9-13(11(17)8-10(15)16)18-12-5-3-4-6-14(12)19/h8-9,12,14,18-19H,2-7,17H2,1H3. The highest BCUT2D eigenvalue weighted by atomic mass is 19.1.